The Hall–Kier alpha value is -1.68. The quantitative estimate of drug-likeness (QED) is 0.563. The molecule has 0 amide bonds. The normalized spacial score (nSPS) is 9.55. The second-order valence-corrected chi connectivity index (χ2v) is 5.30. The third-order valence-electron chi connectivity index (χ3n) is 2.69. The number of rotatable bonds is 3. The van der Waals surface area contributed by atoms with Crippen LogP contribution in [0.2, 0.25) is 0 Å². The smallest absolute Gasteiger partial charge is 0.258 e. The Morgan fingerprint density at radius 1 is 1.15 bits per heavy atom. The number of benzene rings is 2. The summed E-state index contributed by atoms with van der Waals surface area (Å²) in [6.07, 6.45) is 1.88. The van der Waals surface area contributed by atoms with Crippen LogP contribution in [0.25, 0.3) is 0 Å². The van der Waals surface area contributed by atoms with Gasteiger partial charge in [-0.15, -0.1) is 0 Å². The van der Waals surface area contributed by atoms with Gasteiger partial charge in [0.1, 0.15) is 0 Å². The molecule has 2 rings (SSSR count). The molecule has 0 unspecified atom stereocenters. The summed E-state index contributed by atoms with van der Waals surface area (Å²) in [4.78, 5) is 10.2. The molecule has 0 aliphatic heterocycles. The van der Waals surface area contributed by atoms with E-state index in [4.69, 9.17) is 0 Å². The van der Waals surface area contributed by atoms with Gasteiger partial charge in [0.05, 0.1) is 9.40 Å². The van der Waals surface area contributed by atoms with Crippen LogP contribution in [0, 0.1) is 17.0 Å². The maximum absolute atomic E-state index is 10.6. The van der Waals surface area contributed by atoms with Gasteiger partial charge in [-0.05, 0) is 40.9 Å². The Kier molecular flexibility index (Phi) is 6.94. The minimum absolute atomic E-state index is 0.144. The standard InChI is InChI=1S/C9H10BrNO2.C7H8/c1-2-3-7-4-5-8(10)9(6-7)11(12)13;1-7-5-3-2-4-6-7/h4-6H,2-3H2,1H3;2-6H,1H3. The van der Waals surface area contributed by atoms with E-state index in [-0.39, 0.29) is 10.6 Å². The van der Waals surface area contributed by atoms with E-state index in [2.05, 4.69) is 35.0 Å². The van der Waals surface area contributed by atoms with E-state index in [1.807, 2.05) is 31.2 Å². The summed E-state index contributed by atoms with van der Waals surface area (Å²) in [5.74, 6) is 0. The van der Waals surface area contributed by atoms with Crippen LogP contribution in [-0.2, 0) is 6.42 Å². The third kappa shape index (κ3) is 5.53. The summed E-state index contributed by atoms with van der Waals surface area (Å²) in [5.41, 5.74) is 2.48. The van der Waals surface area contributed by atoms with Crippen LogP contribution in [-0.4, -0.2) is 4.92 Å². The number of hydrogen-bond acceptors (Lipinski definition) is 2. The highest BCUT2D eigenvalue weighted by Gasteiger charge is 2.11. The molecule has 0 saturated carbocycles. The summed E-state index contributed by atoms with van der Waals surface area (Å²) >= 11 is 3.14. The van der Waals surface area contributed by atoms with E-state index in [1.165, 1.54) is 5.56 Å². The third-order valence-corrected chi connectivity index (χ3v) is 3.36. The van der Waals surface area contributed by atoms with Gasteiger partial charge in [-0.2, -0.15) is 0 Å². The Bertz CT molecular complexity index is 556. The Morgan fingerprint density at radius 3 is 2.25 bits per heavy atom. The lowest BCUT2D eigenvalue weighted by Crippen LogP contribution is -1.91. The lowest BCUT2D eigenvalue weighted by Gasteiger charge is -1.99. The van der Waals surface area contributed by atoms with Crippen molar-refractivity contribution in [2.75, 3.05) is 0 Å². The first-order valence-electron chi connectivity index (χ1n) is 6.49. The lowest BCUT2D eigenvalue weighted by atomic mass is 10.1. The molecule has 0 aromatic heterocycles. The number of nitro benzene ring substituents is 1. The monoisotopic (exact) mass is 335 g/mol. The first kappa shape index (κ1) is 16.4. The Morgan fingerprint density at radius 2 is 1.80 bits per heavy atom. The molecule has 4 heteroatoms. The summed E-state index contributed by atoms with van der Waals surface area (Å²) < 4.78 is 0.539. The van der Waals surface area contributed by atoms with Gasteiger partial charge < -0.3 is 0 Å². The summed E-state index contributed by atoms with van der Waals surface area (Å²) in [6.45, 7) is 4.13. The number of nitrogens with zero attached hydrogens (tertiary/aromatic N) is 1. The van der Waals surface area contributed by atoms with Crippen molar-refractivity contribution in [3.63, 3.8) is 0 Å². The number of hydrogen-bond donors (Lipinski definition) is 0. The van der Waals surface area contributed by atoms with Crippen molar-refractivity contribution in [1.82, 2.24) is 0 Å². The maximum atomic E-state index is 10.6. The van der Waals surface area contributed by atoms with Crippen molar-refractivity contribution >= 4 is 21.6 Å². The van der Waals surface area contributed by atoms with Crippen LogP contribution >= 0.6 is 15.9 Å². The zero-order chi connectivity index (χ0) is 15.0. The van der Waals surface area contributed by atoms with Crippen LogP contribution in [0.4, 0.5) is 5.69 Å². The van der Waals surface area contributed by atoms with Crippen LogP contribution < -0.4 is 0 Å². The van der Waals surface area contributed by atoms with Crippen LogP contribution in [0.1, 0.15) is 24.5 Å². The highest BCUT2D eigenvalue weighted by Crippen LogP contribution is 2.25. The average molecular weight is 336 g/mol. The highest BCUT2D eigenvalue weighted by atomic mass is 79.9. The highest BCUT2D eigenvalue weighted by molar-refractivity contribution is 9.10. The van der Waals surface area contributed by atoms with E-state index in [0.717, 1.165) is 18.4 Å². The van der Waals surface area contributed by atoms with Gasteiger partial charge in [0.15, 0.2) is 0 Å². The molecule has 3 nitrogen and oxygen atoms in total. The van der Waals surface area contributed by atoms with Crippen LogP contribution in [0.15, 0.2) is 53.0 Å². The fraction of sp³-hybridized carbons (Fsp3) is 0.250. The molecule has 0 aliphatic rings. The van der Waals surface area contributed by atoms with Gasteiger partial charge in [0.25, 0.3) is 5.69 Å². The van der Waals surface area contributed by atoms with Crippen molar-refractivity contribution in [2.45, 2.75) is 26.7 Å². The van der Waals surface area contributed by atoms with Crippen molar-refractivity contribution in [3.8, 4) is 0 Å². The summed E-state index contributed by atoms with van der Waals surface area (Å²) in [7, 11) is 0. The molecule has 0 heterocycles. The number of aryl methyl sites for hydroxylation is 2. The van der Waals surface area contributed by atoms with Gasteiger partial charge in [0.2, 0.25) is 0 Å². The second kappa shape index (κ2) is 8.48. The molecule has 0 aliphatic carbocycles. The van der Waals surface area contributed by atoms with Crippen molar-refractivity contribution in [3.05, 3.63) is 74.2 Å². The Labute approximate surface area is 127 Å². The zero-order valence-electron chi connectivity index (χ0n) is 11.7. The minimum atomic E-state index is -0.372. The van der Waals surface area contributed by atoms with Crippen molar-refractivity contribution in [2.24, 2.45) is 0 Å². The van der Waals surface area contributed by atoms with Crippen molar-refractivity contribution < 1.29 is 4.92 Å². The van der Waals surface area contributed by atoms with Crippen LogP contribution in [0.3, 0.4) is 0 Å². The Balaban J connectivity index is 0.000000240. The molecule has 0 bridgehead atoms. The zero-order valence-corrected chi connectivity index (χ0v) is 13.3. The molecule has 0 radical (unpaired) electrons. The van der Waals surface area contributed by atoms with Gasteiger partial charge in [-0.25, -0.2) is 0 Å². The first-order chi connectivity index (χ1) is 9.54. The van der Waals surface area contributed by atoms with Crippen molar-refractivity contribution in [1.29, 1.82) is 0 Å². The number of halogens is 1. The van der Waals surface area contributed by atoms with Crippen LogP contribution in [0.5, 0.6) is 0 Å². The molecule has 2 aromatic carbocycles. The number of nitro groups is 1. The SMILES string of the molecule is CCCc1ccc(Br)c([N+](=O)[O-])c1.Cc1ccccc1. The molecule has 0 N–H and O–H groups in total. The van der Waals surface area contributed by atoms with E-state index < -0.39 is 0 Å². The van der Waals surface area contributed by atoms with E-state index in [9.17, 15) is 10.1 Å². The molecular weight excluding hydrogens is 318 g/mol. The molecule has 0 atom stereocenters. The van der Waals surface area contributed by atoms with Gasteiger partial charge in [0, 0.05) is 6.07 Å². The fourth-order valence-electron chi connectivity index (χ4n) is 1.68. The topological polar surface area (TPSA) is 43.1 Å². The lowest BCUT2D eigenvalue weighted by molar-refractivity contribution is -0.385. The predicted octanol–water partition coefficient (Wildman–Crippen LogP) is 5.30. The maximum Gasteiger partial charge on any atom is 0.283 e. The molecule has 2 aromatic rings. The molecule has 0 saturated heterocycles. The predicted molar refractivity (Wildman–Crippen MR) is 86.0 cm³/mol. The molecule has 0 fully saturated rings. The van der Waals surface area contributed by atoms with Gasteiger partial charge >= 0.3 is 0 Å². The van der Waals surface area contributed by atoms with E-state index >= 15 is 0 Å². The minimum Gasteiger partial charge on any atom is -0.258 e. The van der Waals surface area contributed by atoms with Gasteiger partial charge in [-0.3, -0.25) is 10.1 Å². The molecule has 0 spiro atoms. The largest absolute Gasteiger partial charge is 0.283 e. The van der Waals surface area contributed by atoms with E-state index in [1.54, 1.807) is 12.1 Å². The second-order valence-electron chi connectivity index (χ2n) is 4.45. The average Bonchev–Trinajstić information content (AvgIpc) is 2.42. The first-order valence-corrected chi connectivity index (χ1v) is 7.28. The summed E-state index contributed by atoms with van der Waals surface area (Å²) in [5, 5.41) is 10.6. The van der Waals surface area contributed by atoms with E-state index in [0.29, 0.717) is 4.47 Å². The molecule has 20 heavy (non-hydrogen) atoms. The van der Waals surface area contributed by atoms with Gasteiger partial charge in [-0.1, -0.05) is 55.3 Å². The molecular formula is C16H18BrNO2. The summed E-state index contributed by atoms with van der Waals surface area (Å²) in [6, 6.07) is 15.5. The fourth-order valence-corrected chi connectivity index (χ4v) is 2.07. The molecule has 106 valence electrons.